The lowest BCUT2D eigenvalue weighted by Gasteiger charge is -2.19. The number of carbonyl (C=O) groups excluding carboxylic acids is 1. The van der Waals surface area contributed by atoms with Crippen molar-refractivity contribution in [2.75, 3.05) is 20.2 Å². The van der Waals surface area contributed by atoms with Gasteiger partial charge in [-0.3, -0.25) is 4.98 Å². The van der Waals surface area contributed by atoms with E-state index in [2.05, 4.69) is 9.72 Å². The second kappa shape index (κ2) is 5.07. The molecule has 2 heterocycles. The van der Waals surface area contributed by atoms with E-state index in [0.29, 0.717) is 18.7 Å². The molecule has 0 amide bonds. The van der Waals surface area contributed by atoms with Gasteiger partial charge in [0.05, 0.1) is 18.4 Å². The number of hydrogen-bond donors (Lipinski definition) is 1. The molecule has 1 aliphatic rings. The lowest BCUT2D eigenvalue weighted by atomic mass is 10.0. The van der Waals surface area contributed by atoms with Crippen LogP contribution in [-0.2, 0) is 4.74 Å². The molecule has 90 valence electrons. The molecule has 1 aromatic rings. The van der Waals surface area contributed by atoms with Crippen LogP contribution in [0.2, 0.25) is 0 Å². The van der Waals surface area contributed by atoms with Crippen LogP contribution >= 0.6 is 0 Å². The predicted molar refractivity (Wildman–Crippen MR) is 61.5 cm³/mol. The first-order valence-electron chi connectivity index (χ1n) is 5.38. The molecule has 0 saturated heterocycles. The third-order valence-corrected chi connectivity index (χ3v) is 2.70. The summed E-state index contributed by atoms with van der Waals surface area (Å²) in [5.41, 5.74) is 2.37. The van der Waals surface area contributed by atoms with Crippen LogP contribution < -0.4 is 0 Å². The fourth-order valence-electron chi connectivity index (χ4n) is 1.71. The number of nitrogens with zero attached hydrogens (tertiary/aromatic N) is 2. The highest BCUT2D eigenvalue weighted by atomic mass is 16.5. The first kappa shape index (κ1) is 11.8. The Labute approximate surface area is 99.3 Å². The summed E-state index contributed by atoms with van der Waals surface area (Å²) in [4.78, 5) is 15.5. The molecular weight excluding hydrogens is 220 g/mol. The minimum atomic E-state index is -0.386. The molecule has 1 aliphatic heterocycles. The zero-order chi connectivity index (χ0) is 12.3. The molecule has 0 spiro atoms. The average Bonchev–Trinajstić information content (AvgIpc) is 2.39. The number of pyridine rings is 1. The smallest absolute Gasteiger partial charge is 0.339 e. The molecule has 2 rings (SSSR count). The second-order valence-electron chi connectivity index (χ2n) is 3.82. The van der Waals surface area contributed by atoms with Crippen LogP contribution in [0.5, 0.6) is 0 Å². The summed E-state index contributed by atoms with van der Waals surface area (Å²) < 4.78 is 4.60. The summed E-state index contributed by atoms with van der Waals surface area (Å²) in [6.07, 6.45) is 4.19. The van der Waals surface area contributed by atoms with E-state index in [4.69, 9.17) is 0 Å². The van der Waals surface area contributed by atoms with Crippen molar-refractivity contribution in [2.24, 2.45) is 0 Å². The minimum absolute atomic E-state index is 0.386. The van der Waals surface area contributed by atoms with Crippen molar-refractivity contribution in [2.45, 2.75) is 6.42 Å². The summed E-state index contributed by atoms with van der Waals surface area (Å²) >= 11 is 0. The van der Waals surface area contributed by atoms with E-state index in [1.165, 1.54) is 18.4 Å². The maximum Gasteiger partial charge on any atom is 0.339 e. The van der Waals surface area contributed by atoms with E-state index in [9.17, 15) is 10.0 Å². The van der Waals surface area contributed by atoms with Crippen LogP contribution in [0.15, 0.2) is 24.4 Å². The van der Waals surface area contributed by atoms with Crippen molar-refractivity contribution in [3.8, 4) is 0 Å². The number of hydroxylamine groups is 2. The van der Waals surface area contributed by atoms with E-state index < -0.39 is 0 Å². The SMILES string of the molecule is COC(=O)c1ccc(C2=CCN(O)CC2)nc1. The number of aromatic nitrogens is 1. The van der Waals surface area contributed by atoms with Gasteiger partial charge < -0.3 is 9.94 Å². The zero-order valence-corrected chi connectivity index (χ0v) is 9.59. The van der Waals surface area contributed by atoms with Crippen molar-refractivity contribution in [3.05, 3.63) is 35.7 Å². The third-order valence-electron chi connectivity index (χ3n) is 2.70. The van der Waals surface area contributed by atoms with Crippen molar-refractivity contribution < 1.29 is 14.7 Å². The summed E-state index contributed by atoms with van der Waals surface area (Å²) in [5.74, 6) is -0.386. The van der Waals surface area contributed by atoms with Crippen LogP contribution in [0, 0.1) is 0 Å². The number of carbonyl (C=O) groups is 1. The lowest BCUT2D eigenvalue weighted by molar-refractivity contribution is -0.0807. The highest BCUT2D eigenvalue weighted by Gasteiger charge is 2.12. The molecule has 0 fully saturated rings. The Morgan fingerprint density at radius 2 is 2.35 bits per heavy atom. The number of esters is 1. The van der Waals surface area contributed by atoms with Gasteiger partial charge >= 0.3 is 5.97 Å². The Bertz CT molecular complexity index is 440. The Balaban J connectivity index is 2.16. The van der Waals surface area contributed by atoms with Crippen molar-refractivity contribution in [3.63, 3.8) is 0 Å². The monoisotopic (exact) mass is 234 g/mol. The summed E-state index contributed by atoms with van der Waals surface area (Å²) in [6.45, 7) is 1.11. The molecule has 5 nitrogen and oxygen atoms in total. The van der Waals surface area contributed by atoms with E-state index in [1.807, 2.05) is 6.08 Å². The maximum absolute atomic E-state index is 11.2. The van der Waals surface area contributed by atoms with E-state index in [1.54, 1.807) is 12.1 Å². The van der Waals surface area contributed by atoms with Crippen LogP contribution in [-0.4, -0.2) is 41.4 Å². The fraction of sp³-hybridized carbons (Fsp3) is 0.333. The molecule has 5 heteroatoms. The summed E-state index contributed by atoms with van der Waals surface area (Å²) in [7, 11) is 1.34. The maximum atomic E-state index is 11.2. The fourth-order valence-corrected chi connectivity index (χ4v) is 1.71. The zero-order valence-electron chi connectivity index (χ0n) is 9.59. The second-order valence-corrected chi connectivity index (χ2v) is 3.82. The van der Waals surface area contributed by atoms with Gasteiger partial charge in [0.15, 0.2) is 0 Å². The third kappa shape index (κ3) is 2.69. The van der Waals surface area contributed by atoms with Gasteiger partial charge in [0.25, 0.3) is 0 Å². The molecule has 1 N–H and O–H groups in total. The molecule has 0 unspecified atom stereocenters. The lowest BCUT2D eigenvalue weighted by Crippen LogP contribution is -2.24. The van der Waals surface area contributed by atoms with Crippen LogP contribution in [0.4, 0.5) is 0 Å². The standard InChI is InChI=1S/C12H14N2O3/c1-17-12(15)10-2-3-11(13-8-10)9-4-6-14(16)7-5-9/h2-4,8,16H,5-7H2,1H3. The topological polar surface area (TPSA) is 62.7 Å². The Hall–Kier alpha value is -1.72. The van der Waals surface area contributed by atoms with Gasteiger partial charge in [0.1, 0.15) is 0 Å². The Morgan fingerprint density at radius 1 is 1.53 bits per heavy atom. The molecule has 0 radical (unpaired) electrons. The molecule has 0 bridgehead atoms. The largest absolute Gasteiger partial charge is 0.465 e. The first-order chi connectivity index (χ1) is 8.20. The van der Waals surface area contributed by atoms with Gasteiger partial charge in [0, 0.05) is 19.3 Å². The van der Waals surface area contributed by atoms with Gasteiger partial charge in [-0.05, 0) is 24.1 Å². The quantitative estimate of drug-likeness (QED) is 0.782. The molecular formula is C12H14N2O3. The van der Waals surface area contributed by atoms with Gasteiger partial charge in [-0.2, -0.15) is 5.06 Å². The van der Waals surface area contributed by atoms with Crippen LogP contribution in [0.3, 0.4) is 0 Å². The Kier molecular flexibility index (Phi) is 3.51. The molecule has 17 heavy (non-hydrogen) atoms. The number of ether oxygens (including phenoxy) is 1. The molecule has 1 aromatic heterocycles. The highest BCUT2D eigenvalue weighted by molar-refractivity contribution is 5.89. The van der Waals surface area contributed by atoms with Gasteiger partial charge in [-0.25, -0.2) is 4.79 Å². The van der Waals surface area contributed by atoms with Crippen molar-refractivity contribution in [1.29, 1.82) is 0 Å². The first-order valence-corrected chi connectivity index (χ1v) is 5.38. The summed E-state index contributed by atoms with van der Waals surface area (Å²) in [5, 5.41) is 10.5. The number of rotatable bonds is 2. The summed E-state index contributed by atoms with van der Waals surface area (Å²) in [6, 6.07) is 3.49. The van der Waals surface area contributed by atoms with E-state index in [0.717, 1.165) is 17.7 Å². The Morgan fingerprint density at radius 3 is 2.88 bits per heavy atom. The molecule has 0 atom stereocenters. The molecule has 0 saturated carbocycles. The van der Waals surface area contributed by atoms with Gasteiger partial charge in [0.2, 0.25) is 0 Å². The van der Waals surface area contributed by atoms with Crippen LogP contribution in [0.25, 0.3) is 5.57 Å². The number of hydrogen-bond acceptors (Lipinski definition) is 5. The average molecular weight is 234 g/mol. The van der Waals surface area contributed by atoms with Gasteiger partial charge in [-0.1, -0.05) is 6.08 Å². The highest BCUT2D eigenvalue weighted by Crippen LogP contribution is 2.19. The van der Waals surface area contributed by atoms with Crippen LogP contribution in [0.1, 0.15) is 22.5 Å². The number of methoxy groups -OCH3 is 1. The molecule has 0 aromatic carbocycles. The van der Waals surface area contributed by atoms with E-state index in [-0.39, 0.29) is 5.97 Å². The van der Waals surface area contributed by atoms with Crippen molar-refractivity contribution >= 4 is 11.5 Å². The predicted octanol–water partition coefficient (Wildman–Crippen LogP) is 1.35. The van der Waals surface area contributed by atoms with Gasteiger partial charge in [-0.15, -0.1) is 0 Å². The van der Waals surface area contributed by atoms with E-state index >= 15 is 0 Å². The molecule has 0 aliphatic carbocycles. The normalized spacial score (nSPS) is 16.5. The van der Waals surface area contributed by atoms with Crippen molar-refractivity contribution in [1.82, 2.24) is 10.0 Å². The minimum Gasteiger partial charge on any atom is -0.465 e.